The third-order valence-electron chi connectivity index (χ3n) is 4.82. The minimum Gasteiger partial charge on any atom is -0.370 e. The first kappa shape index (κ1) is 19.5. The van der Waals surface area contributed by atoms with Gasteiger partial charge in [-0.3, -0.25) is 4.79 Å². The molecule has 144 valence electrons. The summed E-state index contributed by atoms with van der Waals surface area (Å²) >= 11 is 0. The molecule has 0 atom stereocenters. The number of nitrogens with one attached hydrogen (secondary N) is 1. The Labute approximate surface area is 166 Å². The lowest BCUT2D eigenvalue weighted by Gasteiger charge is -2.11. The molecule has 0 unspecified atom stereocenters. The number of nitrogen functional groups attached to an aromatic ring is 1. The van der Waals surface area contributed by atoms with Crippen molar-refractivity contribution in [1.82, 2.24) is 9.97 Å². The molecular weight excluding hydrogens is 348 g/mol. The van der Waals surface area contributed by atoms with Gasteiger partial charge in [-0.25, -0.2) is 4.98 Å². The van der Waals surface area contributed by atoms with Gasteiger partial charge in [0, 0.05) is 24.6 Å². The minimum absolute atomic E-state index is 0.176. The molecule has 1 heterocycles. The molecule has 0 aliphatic rings. The molecule has 2 aromatic carbocycles. The van der Waals surface area contributed by atoms with Gasteiger partial charge in [0.05, 0.1) is 5.69 Å². The number of rotatable bonds is 7. The van der Waals surface area contributed by atoms with Crippen LogP contribution in [0.3, 0.4) is 0 Å². The first-order valence-corrected chi connectivity index (χ1v) is 9.44. The molecule has 1 aromatic heterocycles. The summed E-state index contributed by atoms with van der Waals surface area (Å²) < 4.78 is 0. The Morgan fingerprint density at radius 1 is 1.04 bits per heavy atom. The maximum atomic E-state index is 11.2. The molecule has 28 heavy (non-hydrogen) atoms. The number of aryl methyl sites for hydroxylation is 1. The van der Waals surface area contributed by atoms with Gasteiger partial charge < -0.3 is 11.1 Å². The molecule has 5 nitrogen and oxygen atoms in total. The zero-order chi connectivity index (χ0) is 20.1. The quantitative estimate of drug-likeness (QED) is 0.650. The van der Waals surface area contributed by atoms with Crippen molar-refractivity contribution >= 4 is 17.5 Å². The number of nitrogens with two attached hydrogens (primary N) is 1. The summed E-state index contributed by atoms with van der Waals surface area (Å²) in [5.41, 5.74) is 12.5. The Kier molecular flexibility index (Phi) is 6.04. The maximum absolute atomic E-state index is 11.2. The van der Waals surface area contributed by atoms with Crippen molar-refractivity contribution in [3.05, 3.63) is 70.8 Å². The van der Waals surface area contributed by atoms with Gasteiger partial charge in [0.2, 0.25) is 5.95 Å². The van der Waals surface area contributed by atoms with Crippen LogP contribution in [-0.4, -0.2) is 22.3 Å². The molecule has 5 heteroatoms. The fourth-order valence-corrected chi connectivity index (χ4v) is 3.17. The molecular formula is C23H26N4O. The van der Waals surface area contributed by atoms with Crippen LogP contribution in [0, 0.1) is 13.8 Å². The lowest BCUT2D eigenvalue weighted by Crippen LogP contribution is -2.09. The van der Waals surface area contributed by atoms with Crippen LogP contribution in [0.5, 0.6) is 0 Å². The van der Waals surface area contributed by atoms with E-state index < -0.39 is 0 Å². The zero-order valence-corrected chi connectivity index (χ0v) is 16.6. The number of benzene rings is 2. The lowest BCUT2D eigenvalue weighted by atomic mass is 10.0. The summed E-state index contributed by atoms with van der Waals surface area (Å²) in [5, 5.41) is 3.34. The number of carbonyl (C=O) groups excluding carboxylic acids is 1. The number of nitrogens with zero attached hydrogens (tertiary/aromatic N) is 2. The number of carbonyl (C=O) groups is 1. The van der Waals surface area contributed by atoms with Crippen molar-refractivity contribution in [3.8, 4) is 11.3 Å². The summed E-state index contributed by atoms with van der Waals surface area (Å²) in [7, 11) is 0. The van der Waals surface area contributed by atoms with Crippen LogP contribution >= 0.6 is 0 Å². The number of hydrogen-bond acceptors (Lipinski definition) is 5. The standard InChI is InChI=1S/C23H26N4O/c1-15-5-4-6-20(17(15)3)21-14-22(27-23(24)26-21)25-12-11-18-7-9-19(10-8-18)13-16(2)28/h4-10,14H,11-13H2,1-3H3,(H3,24,25,26,27). The second-order valence-electron chi connectivity index (χ2n) is 7.12. The highest BCUT2D eigenvalue weighted by atomic mass is 16.1. The SMILES string of the molecule is CC(=O)Cc1ccc(CCNc2cc(-c3cccc(C)c3C)nc(N)n2)cc1. The van der Waals surface area contributed by atoms with Crippen LogP contribution in [0.2, 0.25) is 0 Å². The molecule has 3 rings (SSSR count). The van der Waals surface area contributed by atoms with Crippen LogP contribution in [0.4, 0.5) is 11.8 Å². The smallest absolute Gasteiger partial charge is 0.222 e. The van der Waals surface area contributed by atoms with E-state index in [9.17, 15) is 4.79 Å². The first-order valence-electron chi connectivity index (χ1n) is 9.44. The highest BCUT2D eigenvalue weighted by molar-refractivity contribution is 5.78. The summed E-state index contributed by atoms with van der Waals surface area (Å²) in [6.07, 6.45) is 1.34. The van der Waals surface area contributed by atoms with Gasteiger partial charge in [0.15, 0.2) is 0 Å². The topological polar surface area (TPSA) is 80.9 Å². The minimum atomic E-state index is 0.176. The van der Waals surface area contributed by atoms with Gasteiger partial charge in [-0.1, -0.05) is 42.5 Å². The highest BCUT2D eigenvalue weighted by Crippen LogP contribution is 2.26. The van der Waals surface area contributed by atoms with Crippen molar-refractivity contribution < 1.29 is 4.79 Å². The van der Waals surface area contributed by atoms with E-state index in [1.165, 1.54) is 16.7 Å². The Morgan fingerprint density at radius 3 is 2.46 bits per heavy atom. The van der Waals surface area contributed by atoms with Gasteiger partial charge in [-0.2, -0.15) is 4.98 Å². The molecule has 3 aromatic rings. The molecule has 0 aliphatic heterocycles. The van der Waals surface area contributed by atoms with Crippen molar-refractivity contribution in [2.24, 2.45) is 0 Å². The Morgan fingerprint density at radius 2 is 1.75 bits per heavy atom. The predicted octanol–water partition coefficient (Wildman–Crippen LogP) is 4.13. The Balaban J connectivity index is 1.67. The average Bonchev–Trinajstić information content (AvgIpc) is 2.64. The normalized spacial score (nSPS) is 10.7. The summed E-state index contributed by atoms with van der Waals surface area (Å²) in [4.78, 5) is 19.9. The molecule has 0 spiro atoms. The van der Waals surface area contributed by atoms with E-state index in [0.29, 0.717) is 6.42 Å². The second kappa shape index (κ2) is 8.65. The van der Waals surface area contributed by atoms with Crippen LogP contribution in [0.25, 0.3) is 11.3 Å². The van der Waals surface area contributed by atoms with E-state index in [1.54, 1.807) is 6.92 Å². The number of hydrogen-bond donors (Lipinski definition) is 2. The van der Waals surface area contributed by atoms with Crippen molar-refractivity contribution in [2.45, 2.75) is 33.6 Å². The van der Waals surface area contributed by atoms with Gasteiger partial charge >= 0.3 is 0 Å². The number of aromatic nitrogens is 2. The predicted molar refractivity (Wildman–Crippen MR) is 114 cm³/mol. The monoisotopic (exact) mass is 374 g/mol. The summed E-state index contributed by atoms with van der Waals surface area (Å²) in [6.45, 7) is 6.52. The van der Waals surface area contributed by atoms with E-state index in [4.69, 9.17) is 5.73 Å². The zero-order valence-electron chi connectivity index (χ0n) is 16.6. The van der Waals surface area contributed by atoms with Crippen LogP contribution in [0.15, 0.2) is 48.5 Å². The highest BCUT2D eigenvalue weighted by Gasteiger charge is 2.09. The first-order chi connectivity index (χ1) is 13.4. The maximum Gasteiger partial charge on any atom is 0.222 e. The number of ketones is 1. The molecule has 0 bridgehead atoms. The van der Waals surface area contributed by atoms with E-state index >= 15 is 0 Å². The van der Waals surface area contributed by atoms with Crippen LogP contribution < -0.4 is 11.1 Å². The lowest BCUT2D eigenvalue weighted by molar-refractivity contribution is -0.116. The molecule has 0 fully saturated rings. The van der Waals surface area contributed by atoms with Crippen molar-refractivity contribution in [3.63, 3.8) is 0 Å². The van der Waals surface area contributed by atoms with Crippen LogP contribution in [0.1, 0.15) is 29.2 Å². The number of Topliss-reactive ketones (excluding diaryl/α,β-unsaturated/α-hetero) is 1. The van der Waals surface area contributed by atoms with Gasteiger partial charge in [0.1, 0.15) is 11.6 Å². The fraction of sp³-hybridized carbons (Fsp3) is 0.261. The molecule has 0 saturated heterocycles. The molecule has 0 aliphatic carbocycles. The fourth-order valence-electron chi connectivity index (χ4n) is 3.17. The van der Waals surface area contributed by atoms with Gasteiger partial charge in [-0.05, 0) is 49.4 Å². The molecule has 0 saturated carbocycles. The Hall–Kier alpha value is -3.21. The van der Waals surface area contributed by atoms with Crippen LogP contribution in [-0.2, 0) is 17.6 Å². The molecule has 3 N–H and O–H groups in total. The second-order valence-corrected chi connectivity index (χ2v) is 7.12. The van der Waals surface area contributed by atoms with Crippen molar-refractivity contribution in [1.29, 1.82) is 0 Å². The molecule has 0 amide bonds. The average molecular weight is 374 g/mol. The summed E-state index contributed by atoms with van der Waals surface area (Å²) in [6, 6.07) is 16.3. The Bertz CT molecular complexity index is 980. The third-order valence-corrected chi connectivity index (χ3v) is 4.82. The number of anilines is 2. The van der Waals surface area contributed by atoms with Gasteiger partial charge in [0.25, 0.3) is 0 Å². The van der Waals surface area contributed by atoms with E-state index in [2.05, 4.69) is 53.4 Å². The van der Waals surface area contributed by atoms with E-state index in [1.807, 2.05) is 24.3 Å². The third kappa shape index (κ3) is 4.94. The molecule has 0 radical (unpaired) electrons. The van der Waals surface area contributed by atoms with Crippen molar-refractivity contribution in [2.75, 3.05) is 17.6 Å². The largest absolute Gasteiger partial charge is 0.370 e. The summed E-state index contributed by atoms with van der Waals surface area (Å²) in [5.74, 6) is 1.15. The van der Waals surface area contributed by atoms with E-state index in [0.717, 1.165) is 35.6 Å². The van der Waals surface area contributed by atoms with E-state index in [-0.39, 0.29) is 11.7 Å². The van der Waals surface area contributed by atoms with Gasteiger partial charge in [-0.15, -0.1) is 0 Å².